The van der Waals surface area contributed by atoms with Crippen LogP contribution in [-0.4, -0.2) is 30.6 Å². The monoisotopic (exact) mass is 391 g/mol. The third-order valence-electron chi connectivity index (χ3n) is 5.59. The molecular formula is C22H27Cl2NO. The summed E-state index contributed by atoms with van der Waals surface area (Å²) in [6, 6.07) is 15.9. The predicted molar refractivity (Wildman–Crippen MR) is 110 cm³/mol. The molecule has 0 heterocycles. The molecule has 3 rings (SSSR count). The van der Waals surface area contributed by atoms with E-state index in [-0.39, 0.29) is 5.92 Å². The molecule has 0 amide bonds. The van der Waals surface area contributed by atoms with E-state index in [0.717, 1.165) is 42.8 Å². The van der Waals surface area contributed by atoms with Crippen molar-refractivity contribution in [3.8, 4) is 0 Å². The molecule has 3 unspecified atom stereocenters. The summed E-state index contributed by atoms with van der Waals surface area (Å²) >= 11 is 12.0. The zero-order chi connectivity index (χ0) is 18.7. The molecule has 0 aromatic heterocycles. The Kier molecular flexibility index (Phi) is 6.29. The van der Waals surface area contributed by atoms with Gasteiger partial charge in [0.2, 0.25) is 0 Å². The highest BCUT2D eigenvalue weighted by Crippen LogP contribution is 2.45. The quantitative estimate of drug-likeness (QED) is 0.736. The van der Waals surface area contributed by atoms with Gasteiger partial charge in [-0.1, -0.05) is 47.5 Å². The van der Waals surface area contributed by atoms with Crippen molar-refractivity contribution < 1.29 is 5.11 Å². The van der Waals surface area contributed by atoms with Crippen LogP contribution in [0.1, 0.15) is 30.4 Å². The Labute approximate surface area is 166 Å². The summed E-state index contributed by atoms with van der Waals surface area (Å²) in [6.07, 6.45) is 3.86. The molecular weight excluding hydrogens is 365 g/mol. The minimum absolute atomic E-state index is 0.199. The van der Waals surface area contributed by atoms with Crippen LogP contribution in [0.25, 0.3) is 0 Å². The number of halogens is 2. The van der Waals surface area contributed by atoms with Crippen LogP contribution in [0.2, 0.25) is 10.0 Å². The fourth-order valence-corrected chi connectivity index (χ4v) is 4.52. The lowest BCUT2D eigenvalue weighted by Crippen LogP contribution is -2.45. The minimum atomic E-state index is -0.786. The standard InChI is InChI=1S/C22H27Cl2NO/c1-25(2)15-19-14-17(13-16-3-7-20(23)8-4-16)11-12-22(19,26)18-5-9-21(24)10-6-18/h3-10,17,19,26H,11-15H2,1-2H3. The lowest BCUT2D eigenvalue weighted by atomic mass is 9.66. The van der Waals surface area contributed by atoms with Gasteiger partial charge in [-0.3, -0.25) is 0 Å². The summed E-state index contributed by atoms with van der Waals surface area (Å²) in [5.74, 6) is 0.776. The second-order valence-electron chi connectivity index (χ2n) is 7.86. The lowest BCUT2D eigenvalue weighted by Gasteiger charge is -2.44. The Hall–Kier alpha value is -1.06. The van der Waals surface area contributed by atoms with Crippen molar-refractivity contribution >= 4 is 23.2 Å². The topological polar surface area (TPSA) is 23.5 Å². The Morgan fingerprint density at radius 3 is 2.15 bits per heavy atom. The van der Waals surface area contributed by atoms with Crippen LogP contribution in [0.15, 0.2) is 48.5 Å². The third kappa shape index (κ3) is 4.61. The van der Waals surface area contributed by atoms with Gasteiger partial charge in [0.1, 0.15) is 0 Å². The van der Waals surface area contributed by atoms with E-state index in [0.29, 0.717) is 10.9 Å². The Morgan fingerprint density at radius 2 is 1.58 bits per heavy atom. The van der Waals surface area contributed by atoms with Crippen LogP contribution in [0.5, 0.6) is 0 Å². The van der Waals surface area contributed by atoms with Gasteiger partial charge in [0.15, 0.2) is 0 Å². The molecule has 1 N–H and O–H groups in total. The van der Waals surface area contributed by atoms with Crippen molar-refractivity contribution in [2.75, 3.05) is 20.6 Å². The molecule has 1 aliphatic carbocycles. The van der Waals surface area contributed by atoms with Gasteiger partial charge in [-0.15, -0.1) is 0 Å². The summed E-state index contributed by atoms with van der Waals surface area (Å²) in [5.41, 5.74) is 1.52. The van der Waals surface area contributed by atoms with E-state index in [9.17, 15) is 5.11 Å². The smallest absolute Gasteiger partial charge is 0.0937 e. The zero-order valence-corrected chi connectivity index (χ0v) is 17.0. The summed E-state index contributed by atoms with van der Waals surface area (Å²) in [4.78, 5) is 2.18. The van der Waals surface area contributed by atoms with Crippen LogP contribution < -0.4 is 0 Å². The first kappa shape index (κ1) is 19.7. The van der Waals surface area contributed by atoms with E-state index in [2.05, 4.69) is 31.1 Å². The number of benzene rings is 2. The molecule has 1 saturated carbocycles. The van der Waals surface area contributed by atoms with Crippen LogP contribution >= 0.6 is 23.2 Å². The number of aliphatic hydroxyl groups is 1. The van der Waals surface area contributed by atoms with Gasteiger partial charge < -0.3 is 10.0 Å². The van der Waals surface area contributed by atoms with Crippen molar-refractivity contribution in [3.05, 3.63) is 69.7 Å². The van der Waals surface area contributed by atoms with E-state index in [1.807, 2.05) is 36.4 Å². The second-order valence-corrected chi connectivity index (χ2v) is 8.73. The van der Waals surface area contributed by atoms with Crippen molar-refractivity contribution in [2.24, 2.45) is 11.8 Å². The zero-order valence-electron chi connectivity index (χ0n) is 15.5. The van der Waals surface area contributed by atoms with Crippen LogP contribution in [0.3, 0.4) is 0 Å². The first-order valence-corrected chi connectivity index (χ1v) is 10.00. The lowest BCUT2D eigenvalue weighted by molar-refractivity contribution is -0.0752. The van der Waals surface area contributed by atoms with Gasteiger partial charge in [0, 0.05) is 22.5 Å². The van der Waals surface area contributed by atoms with E-state index in [1.165, 1.54) is 5.56 Å². The molecule has 0 saturated heterocycles. The maximum atomic E-state index is 11.6. The van der Waals surface area contributed by atoms with Crippen LogP contribution in [0.4, 0.5) is 0 Å². The molecule has 0 spiro atoms. The predicted octanol–water partition coefficient (Wildman–Crippen LogP) is 5.40. The highest BCUT2D eigenvalue weighted by molar-refractivity contribution is 6.30. The molecule has 2 aromatic rings. The Morgan fingerprint density at radius 1 is 1.00 bits per heavy atom. The number of hydrogen-bond acceptors (Lipinski definition) is 2. The number of hydrogen-bond donors (Lipinski definition) is 1. The fraction of sp³-hybridized carbons (Fsp3) is 0.455. The first-order valence-electron chi connectivity index (χ1n) is 9.24. The normalized spacial score (nSPS) is 26.2. The van der Waals surface area contributed by atoms with Gasteiger partial charge >= 0.3 is 0 Å². The van der Waals surface area contributed by atoms with Crippen molar-refractivity contribution in [1.29, 1.82) is 0 Å². The molecule has 4 heteroatoms. The van der Waals surface area contributed by atoms with Crippen molar-refractivity contribution in [2.45, 2.75) is 31.3 Å². The summed E-state index contributed by atoms with van der Waals surface area (Å²) < 4.78 is 0. The second kappa shape index (κ2) is 8.31. The molecule has 2 aromatic carbocycles. The number of nitrogens with zero attached hydrogens (tertiary/aromatic N) is 1. The SMILES string of the molecule is CN(C)CC1CC(Cc2ccc(Cl)cc2)CCC1(O)c1ccc(Cl)cc1. The van der Waals surface area contributed by atoms with E-state index in [4.69, 9.17) is 23.2 Å². The van der Waals surface area contributed by atoms with Gasteiger partial charge in [-0.2, -0.15) is 0 Å². The van der Waals surface area contributed by atoms with E-state index < -0.39 is 5.60 Å². The third-order valence-corrected chi connectivity index (χ3v) is 6.10. The first-order chi connectivity index (χ1) is 12.4. The van der Waals surface area contributed by atoms with E-state index >= 15 is 0 Å². The molecule has 1 fully saturated rings. The van der Waals surface area contributed by atoms with Crippen LogP contribution in [0, 0.1) is 11.8 Å². The van der Waals surface area contributed by atoms with Gasteiger partial charge in [-0.05, 0) is 81.1 Å². The Balaban J connectivity index is 1.78. The molecule has 140 valence electrons. The molecule has 1 aliphatic rings. The largest absolute Gasteiger partial charge is 0.385 e. The molecule has 0 bridgehead atoms. The van der Waals surface area contributed by atoms with Gasteiger partial charge in [0.25, 0.3) is 0 Å². The molecule has 2 nitrogen and oxygen atoms in total. The van der Waals surface area contributed by atoms with Crippen molar-refractivity contribution in [1.82, 2.24) is 4.90 Å². The average Bonchev–Trinajstić information content (AvgIpc) is 2.60. The molecule has 0 radical (unpaired) electrons. The van der Waals surface area contributed by atoms with Gasteiger partial charge in [-0.25, -0.2) is 0 Å². The van der Waals surface area contributed by atoms with Gasteiger partial charge in [0.05, 0.1) is 5.60 Å². The number of rotatable bonds is 5. The Bertz CT molecular complexity index is 714. The maximum absolute atomic E-state index is 11.6. The van der Waals surface area contributed by atoms with Crippen LogP contribution in [-0.2, 0) is 12.0 Å². The maximum Gasteiger partial charge on any atom is 0.0937 e. The summed E-state index contributed by atoms with van der Waals surface area (Å²) in [5, 5.41) is 13.1. The summed E-state index contributed by atoms with van der Waals surface area (Å²) in [6.45, 7) is 0.871. The molecule has 26 heavy (non-hydrogen) atoms. The molecule has 0 aliphatic heterocycles. The van der Waals surface area contributed by atoms with Crippen molar-refractivity contribution in [3.63, 3.8) is 0 Å². The molecule has 3 atom stereocenters. The fourth-order valence-electron chi connectivity index (χ4n) is 4.27. The highest BCUT2D eigenvalue weighted by Gasteiger charge is 2.43. The van der Waals surface area contributed by atoms with E-state index in [1.54, 1.807) is 0 Å². The summed E-state index contributed by atoms with van der Waals surface area (Å²) in [7, 11) is 4.15. The highest BCUT2D eigenvalue weighted by atomic mass is 35.5. The minimum Gasteiger partial charge on any atom is -0.385 e. The average molecular weight is 392 g/mol.